The molecule has 0 aliphatic carbocycles. The molecule has 0 amide bonds. The van der Waals surface area contributed by atoms with Crippen LogP contribution in [0.15, 0.2) is 60.8 Å². The average Bonchev–Trinajstić information content (AvgIpc) is 2.63. The van der Waals surface area contributed by atoms with Crippen LogP contribution in [-0.4, -0.2) is 17.2 Å². The van der Waals surface area contributed by atoms with E-state index in [9.17, 15) is 5.11 Å². The van der Waals surface area contributed by atoms with Gasteiger partial charge in [0.25, 0.3) is 0 Å². The first-order valence-corrected chi connectivity index (χ1v) is 7.74. The summed E-state index contributed by atoms with van der Waals surface area (Å²) in [6.07, 6.45) is 5.80. The third kappa shape index (κ3) is 3.46. The Bertz CT molecular complexity index is 870. The molecule has 1 heterocycles. The monoisotopic (exact) mass is 317 g/mol. The topological polar surface area (TPSA) is 42.4 Å². The summed E-state index contributed by atoms with van der Waals surface area (Å²) in [5.41, 5.74) is 5.32. The van der Waals surface area contributed by atoms with Crippen molar-refractivity contribution in [3.8, 4) is 22.6 Å². The Labute approximate surface area is 141 Å². The lowest BCUT2D eigenvalue weighted by atomic mass is 10.0. The first-order valence-electron chi connectivity index (χ1n) is 7.74. The van der Waals surface area contributed by atoms with E-state index in [-0.39, 0.29) is 5.75 Å². The second-order valence-electron chi connectivity index (χ2n) is 5.55. The van der Waals surface area contributed by atoms with Crippen LogP contribution < -0.4 is 4.74 Å². The van der Waals surface area contributed by atoms with Gasteiger partial charge in [-0.05, 0) is 53.5 Å². The summed E-state index contributed by atoms with van der Waals surface area (Å²) in [6, 6.07) is 17.6. The van der Waals surface area contributed by atoms with Crippen molar-refractivity contribution in [2.45, 2.75) is 6.92 Å². The third-order valence-corrected chi connectivity index (χ3v) is 3.86. The Kier molecular flexibility index (Phi) is 4.62. The van der Waals surface area contributed by atoms with Gasteiger partial charge in [-0.1, -0.05) is 42.5 Å². The van der Waals surface area contributed by atoms with Crippen molar-refractivity contribution in [2.75, 3.05) is 7.11 Å². The molecule has 0 saturated carbocycles. The van der Waals surface area contributed by atoms with E-state index in [0.29, 0.717) is 5.75 Å². The zero-order valence-corrected chi connectivity index (χ0v) is 13.7. The van der Waals surface area contributed by atoms with Gasteiger partial charge in [-0.25, -0.2) is 0 Å². The molecule has 3 rings (SSSR count). The molecule has 0 aliphatic heterocycles. The molecule has 0 fully saturated rings. The number of nitrogens with zero attached hydrogens (tertiary/aromatic N) is 1. The van der Waals surface area contributed by atoms with Gasteiger partial charge < -0.3 is 9.84 Å². The number of aromatic nitrogens is 1. The first-order chi connectivity index (χ1) is 11.7. The highest BCUT2D eigenvalue weighted by molar-refractivity contribution is 5.74. The van der Waals surface area contributed by atoms with Crippen molar-refractivity contribution >= 4 is 12.2 Å². The third-order valence-electron chi connectivity index (χ3n) is 3.86. The van der Waals surface area contributed by atoms with Gasteiger partial charge in [0.1, 0.15) is 0 Å². The predicted molar refractivity (Wildman–Crippen MR) is 98.0 cm³/mol. The Hall–Kier alpha value is -3.07. The second kappa shape index (κ2) is 7.01. The van der Waals surface area contributed by atoms with Crippen LogP contribution in [0.3, 0.4) is 0 Å². The number of ether oxygens (including phenoxy) is 1. The molecule has 3 aromatic rings. The highest BCUT2D eigenvalue weighted by Gasteiger charge is 2.04. The molecule has 24 heavy (non-hydrogen) atoms. The summed E-state index contributed by atoms with van der Waals surface area (Å²) >= 11 is 0. The van der Waals surface area contributed by atoms with Crippen LogP contribution in [0.25, 0.3) is 23.3 Å². The number of pyridine rings is 1. The Morgan fingerprint density at radius 1 is 1.00 bits per heavy atom. The molecule has 0 aliphatic rings. The lowest BCUT2D eigenvalue weighted by molar-refractivity contribution is 0.373. The van der Waals surface area contributed by atoms with E-state index in [2.05, 4.69) is 30.1 Å². The molecule has 2 aromatic carbocycles. The molecule has 0 spiro atoms. The summed E-state index contributed by atoms with van der Waals surface area (Å²) in [6.45, 7) is 2.06. The lowest BCUT2D eigenvalue weighted by Gasteiger charge is -2.07. The van der Waals surface area contributed by atoms with E-state index in [0.717, 1.165) is 16.8 Å². The normalized spacial score (nSPS) is 10.9. The van der Waals surface area contributed by atoms with Gasteiger partial charge in [-0.3, -0.25) is 4.98 Å². The fourth-order valence-corrected chi connectivity index (χ4v) is 2.54. The van der Waals surface area contributed by atoms with Crippen LogP contribution in [0.5, 0.6) is 11.5 Å². The molecule has 0 saturated heterocycles. The highest BCUT2D eigenvalue weighted by Crippen LogP contribution is 2.27. The minimum absolute atomic E-state index is 0.134. The van der Waals surface area contributed by atoms with Crippen molar-refractivity contribution in [2.24, 2.45) is 0 Å². The van der Waals surface area contributed by atoms with Gasteiger partial charge in [0.05, 0.1) is 12.8 Å². The van der Waals surface area contributed by atoms with Crippen molar-refractivity contribution in [3.05, 3.63) is 77.6 Å². The van der Waals surface area contributed by atoms with E-state index >= 15 is 0 Å². The first kappa shape index (κ1) is 15.8. The molecular formula is C21H19NO2. The number of rotatable bonds is 4. The lowest BCUT2D eigenvalue weighted by Crippen LogP contribution is -1.88. The zero-order valence-electron chi connectivity index (χ0n) is 13.7. The molecule has 0 unspecified atom stereocenters. The van der Waals surface area contributed by atoms with Gasteiger partial charge in [0.2, 0.25) is 0 Å². The minimum atomic E-state index is 0.134. The number of phenols is 1. The van der Waals surface area contributed by atoms with Gasteiger partial charge in [-0.2, -0.15) is 0 Å². The standard InChI is InChI=1S/C21H19NO2/c1-15-14-22-18(13-19(15)17-6-4-3-5-7-17)10-8-16-9-11-20(23)21(12-16)24-2/h3-14,23H,1-2H3. The fraction of sp³-hybridized carbons (Fsp3) is 0.0952. The molecule has 3 nitrogen and oxygen atoms in total. The van der Waals surface area contributed by atoms with Crippen LogP contribution in [0.1, 0.15) is 16.8 Å². The van der Waals surface area contributed by atoms with Gasteiger partial charge in [0, 0.05) is 6.20 Å². The summed E-state index contributed by atoms with van der Waals surface area (Å²) in [4.78, 5) is 4.47. The van der Waals surface area contributed by atoms with E-state index in [4.69, 9.17) is 4.74 Å². The van der Waals surface area contributed by atoms with Crippen molar-refractivity contribution < 1.29 is 9.84 Å². The molecule has 120 valence electrons. The molecule has 0 atom stereocenters. The summed E-state index contributed by atoms with van der Waals surface area (Å²) in [7, 11) is 1.54. The Morgan fingerprint density at radius 2 is 1.79 bits per heavy atom. The second-order valence-corrected chi connectivity index (χ2v) is 5.55. The summed E-state index contributed by atoms with van der Waals surface area (Å²) in [5.74, 6) is 0.591. The van der Waals surface area contributed by atoms with Gasteiger partial charge >= 0.3 is 0 Å². The Morgan fingerprint density at radius 3 is 2.54 bits per heavy atom. The smallest absolute Gasteiger partial charge is 0.161 e. The summed E-state index contributed by atoms with van der Waals surface area (Å²) in [5, 5.41) is 9.65. The van der Waals surface area contributed by atoms with E-state index < -0.39 is 0 Å². The van der Waals surface area contributed by atoms with E-state index in [1.54, 1.807) is 12.1 Å². The fourth-order valence-electron chi connectivity index (χ4n) is 2.54. The van der Waals surface area contributed by atoms with Crippen molar-refractivity contribution in [3.63, 3.8) is 0 Å². The predicted octanol–water partition coefficient (Wildman–Crippen LogP) is 4.94. The minimum Gasteiger partial charge on any atom is -0.504 e. The van der Waals surface area contributed by atoms with Crippen molar-refractivity contribution in [1.82, 2.24) is 4.98 Å². The maximum absolute atomic E-state index is 9.65. The van der Waals surface area contributed by atoms with Crippen molar-refractivity contribution in [1.29, 1.82) is 0 Å². The Balaban J connectivity index is 1.91. The van der Waals surface area contributed by atoms with Gasteiger partial charge in [0.15, 0.2) is 11.5 Å². The van der Waals surface area contributed by atoms with Crippen LogP contribution in [-0.2, 0) is 0 Å². The zero-order chi connectivity index (χ0) is 16.9. The van der Waals surface area contributed by atoms with Crippen LogP contribution in [0, 0.1) is 6.92 Å². The SMILES string of the molecule is COc1cc(C=Cc2cc(-c3ccccc3)c(C)cn2)ccc1O. The quantitative estimate of drug-likeness (QED) is 0.741. The highest BCUT2D eigenvalue weighted by atomic mass is 16.5. The molecular weight excluding hydrogens is 298 g/mol. The average molecular weight is 317 g/mol. The van der Waals surface area contributed by atoms with Crippen LogP contribution in [0.4, 0.5) is 0 Å². The number of aromatic hydroxyl groups is 1. The van der Waals surface area contributed by atoms with E-state index in [1.807, 2.05) is 42.6 Å². The van der Waals surface area contributed by atoms with Gasteiger partial charge in [-0.15, -0.1) is 0 Å². The molecule has 1 aromatic heterocycles. The molecule has 1 N–H and O–H groups in total. The van der Waals surface area contributed by atoms with Crippen LogP contribution in [0.2, 0.25) is 0 Å². The number of phenolic OH excluding ortho intramolecular Hbond substituents is 1. The molecule has 0 radical (unpaired) electrons. The maximum Gasteiger partial charge on any atom is 0.161 e. The molecule has 3 heteroatoms. The number of benzene rings is 2. The number of hydrogen-bond donors (Lipinski definition) is 1. The largest absolute Gasteiger partial charge is 0.504 e. The number of methoxy groups -OCH3 is 1. The maximum atomic E-state index is 9.65. The number of hydrogen-bond acceptors (Lipinski definition) is 3. The van der Waals surface area contributed by atoms with E-state index in [1.165, 1.54) is 18.2 Å². The van der Waals surface area contributed by atoms with Crippen LogP contribution >= 0.6 is 0 Å². The molecule has 0 bridgehead atoms. The summed E-state index contributed by atoms with van der Waals surface area (Å²) < 4.78 is 5.13. The number of aryl methyl sites for hydroxylation is 1.